The van der Waals surface area contributed by atoms with Crippen molar-refractivity contribution < 1.29 is 44.3 Å². The van der Waals surface area contributed by atoms with Crippen LogP contribution in [-0.2, 0) is 12.3 Å². The van der Waals surface area contributed by atoms with Crippen LogP contribution in [0.4, 0.5) is 39.5 Å². The monoisotopic (exact) mass is 450 g/mol. The third-order valence-corrected chi connectivity index (χ3v) is 4.24. The molecule has 0 aromatic heterocycles. The van der Waals surface area contributed by atoms with Crippen molar-refractivity contribution >= 4 is 0 Å². The van der Waals surface area contributed by atoms with Gasteiger partial charge in [-0.2, -0.15) is 22.0 Å². The molecule has 0 aliphatic heterocycles. The molecule has 0 atom stereocenters. The Bertz CT molecular complexity index is 1070. The van der Waals surface area contributed by atoms with Gasteiger partial charge in [-0.15, -0.1) is 0 Å². The summed E-state index contributed by atoms with van der Waals surface area (Å²) in [6.45, 7) is 1.37. The van der Waals surface area contributed by atoms with Crippen LogP contribution >= 0.6 is 0 Å². The molecule has 0 aliphatic rings. The maximum atomic E-state index is 14.4. The van der Waals surface area contributed by atoms with Gasteiger partial charge in [0.1, 0.15) is 34.6 Å². The second-order valence-corrected chi connectivity index (χ2v) is 6.56. The van der Waals surface area contributed by atoms with E-state index in [1.807, 2.05) is 0 Å². The number of rotatable bonds is 4. The highest BCUT2D eigenvalue weighted by atomic mass is 19.4. The average molecular weight is 450 g/mol. The summed E-state index contributed by atoms with van der Waals surface area (Å²) in [5.74, 6) is -6.84. The number of hydrogen-bond acceptors (Lipinski definition) is 1. The second kappa shape index (κ2) is 7.82. The van der Waals surface area contributed by atoms with Gasteiger partial charge in [-0.3, -0.25) is 0 Å². The Hall–Kier alpha value is -3.17. The van der Waals surface area contributed by atoms with Crippen LogP contribution in [0.2, 0.25) is 0 Å². The molecule has 0 saturated carbocycles. The Balaban J connectivity index is 1.97. The molecular weight excluding hydrogens is 439 g/mol. The predicted molar refractivity (Wildman–Crippen MR) is 92.4 cm³/mol. The first kappa shape index (κ1) is 22.5. The van der Waals surface area contributed by atoms with E-state index in [1.54, 1.807) is 0 Å². The van der Waals surface area contributed by atoms with Gasteiger partial charge < -0.3 is 4.74 Å². The van der Waals surface area contributed by atoms with Gasteiger partial charge in [0.15, 0.2) is 0 Å². The third kappa shape index (κ3) is 4.62. The smallest absolute Gasteiger partial charge is 0.429 e. The summed E-state index contributed by atoms with van der Waals surface area (Å²) in [5, 5.41) is 0. The lowest BCUT2D eigenvalue weighted by Gasteiger charge is -2.20. The first-order valence-corrected chi connectivity index (χ1v) is 8.49. The predicted octanol–water partition coefficient (Wildman–Crippen LogP) is 7.37. The van der Waals surface area contributed by atoms with Gasteiger partial charge in [0, 0.05) is 0 Å². The van der Waals surface area contributed by atoms with Gasteiger partial charge in [-0.1, -0.05) is 0 Å². The minimum Gasteiger partial charge on any atom is -0.429 e. The molecule has 0 spiro atoms. The van der Waals surface area contributed by atoms with Gasteiger partial charge in [0.25, 0.3) is 0 Å². The first-order chi connectivity index (χ1) is 14.3. The maximum Gasteiger partial charge on any atom is 0.432 e. The summed E-state index contributed by atoms with van der Waals surface area (Å²) < 4.78 is 127. The zero-order chi connectivity index (χ0) is 23.1. The van der Waals surface area contributed by atoms with Crippen LogP contribution in [0, 0.1) is 30.2 Å². The standard InChI is InChI=1S/C21H11F9O/c1-10-6-14(22)18(15(23)7-10)11-8-16(24)19(17(25)9-11)21(29,30)31-13-4-2-12(3-5-13)20(26,27)28/h2-9H,1H3. The minimum absolute atomic E-state index is 0.188. The number of hydrogen-bond donors (Lipinski definition) is 0. The van der Waals surface area contributed by atoms with Gasteiger partial charge in [-0.25, -0.2) is 17.6 Å². The summed E-state index contributed by atoms with van der Waals surface area (Å²) in [5.41, 5.74) is -4.31. The molecule has 1 nitrogen and oxygen atoms in total. The van der Waals surface area contributed by atoms with Gasteiger partial charge in [0.05, 0.1) is 11.1 Å². The van der Waals surface area contributed by atoms with Crippen molar-refractivity contribution in [1.82, 2.24) is 0 Å². The molecule has 0 saturated heterocycles. The van der Waals surface area contributed by atoms with Crippen molar-refractivity contribution in [2.75, 3.05) is 0 Å². The molecule has 3 aromatic rings. The Morgan fingerprint density at radius 1 is 0.677 bits per heavy atom. The van der Waals surface area contributed by atoms with Crippen LogP contribution in [0.25, 0.3) is 11.1 Å². The Kier molecular flexibility index (Phi) is 5.68. The Morgan fingerprint density at radius 2 is 1.16 bits per heavy atom. The molecule has 0 aliphatic carbocycles. The highest BCUT2D eigenvalue weighted by Gasteiger charge is 2.41. The fourth-order valence-corrected chi connectivity index (χ4v) is 2.88. The summed E-state index contributed by atoms with van der Waals surface area (Å²) in [6.07, 6.45) is -9.37. The summed E-state index contributed by atoms with van der Waals surface area (Å²) in [6, 6.07) is 4.40. The molecule has 0 N–H and O–H groups in total. The fourth-order valence-electron chi connectivity index (χ4n) is 2.88. The van der Waals surface area contributed by atoms with E-state index in [0.29, 0.717) is 36.4 Å². The molecule has 0 unspecified atom stereocenters. The van der Waals surface area contributed by atoms with E-state index in [0.717, 1.165) is 12.1 Å². The van der Waals surface area contributed by atoms with E-state index in [-0.39, 0.29) is 5.56 Å². The number of alkyl halides is 5. The molecule has 0 heterocycles. The van der Waals surface area contributed by atoms with Crippen molar-refractivity contribution in [3.05, 3.63) is 88.5 Å². The van der Waals surface area contributed by atoms with E-state index in [2.05, 4.69) is 4.74 Å². The molecular formula is C21H11F9O. The molecule has 3 rings (SSSR count). The SMILES string of the molecule is Cc1cc(F)c(-c2cc(F)c(C(F)(F)Oc3ccc(C(F)(F)F)cc3)c(F)c2)c(F)c1. The Labute approximate surface area is 169 Å². The van der Waals surface area contributed by atoms with Crippen LogP contribution in [0.3, 0.4) is 0 Å². The summed E-state index contributed by atoms with van der Waals surface area (Å²) in [7, 11) is 0. The molecule has 31 heavy (non-hydrogen) atoms. The summed E-state index contributed by atoms with van der Waals surface area (Å²) in [4.78, 5) is 0. The number of aryl methyl sites for hydroxylation is 1. The van der Waals surface area contributed by atoms with Crippen molar-refractivity contribution in [2.24, 2.45) is 0 Å². The third-order valence-electron chi connectivity index (χ3n) is 4.24. The number of halogens is 9. The van der Waals surface area contributed by atoms with E-state index in [4.69, 9.17) is 0 Å². The topological polar surface area (TPSA) is 9.23 Å². The Morgan fingerprint density at radius 3 is 1.61 bits per heavy atom. The van der Waals surface area contributed by atoms with E-state index in [1.165, 1.54) is 6.92 Å². The normalized spacial score (nSPS) is 12.2. The quantitative estimate of drug-likeness (QED) is 0.377. The number of benzene rings is 3. The van der Waals surface area contributed by atoms with Gasteiger partial charge in [-0.05, 0) is 66.6 Å². The lowest BCUT2D eigenvalue weighted by molar-refractivity contribution is -0.189. The first-order valence-electron chi connectivity index (χ1n) is 8.49. The zero-order valence-electron chi connectivity index (χ0n) is 15.4. The summed E-state index contributed by atoms with van der Waals surface area (Å²) >= 11 is 0. The number of ether oxygens (including phenoxy) is 1. The largest absolute Gasteiger partial charge is 0.432 e. The molecule has 0 bridgehead atoms. The maximum absolute atomic E-state index is 14.4. The van der Waals surface area contributed by atoms with Gasteiger partial charge >= 0.3 is 12.3 Å². The molecule has 0 radical (unpaired) electrons. The molecule has 10 heteroatoms. The highest BCUT2D eigenvalue weighted by Crippen LogP contribution is 2.39. The van der Waals surface area contributed by atoms with E-state index < -0.39 is 63.6 Å². The van der Waals surface area contributed by atoms with E-state index in [9.17, 15) is 39.5 Å². The minimum atomic E-state index is -4.73. The van der Waals surface area contributed by atoms with Crippen LogP contribution in [0.1, 0.15) is 16.7 Å². The van der Waals surface area contributed by atoms with Crippen LogP contribution in [0.5, 0.6) is 5.75 Å². The second-order valence-electron chi connectivity index (χ2n) is 6.56. The van der Waals surface area contributed by atoms with E-state index >= 15 is 0 Å². The zero-order valence-corrected chi connectivity index (χ0v) is 15.4. The van der Waals surface area contributed by atoms with Crippen molar-refractivity contribution in [3.63, 3.8) is 0 Å². The van der Waals surface area contributed by atoms with Crippen LogP contribution < -0.4 is 4.74 Å². The van der Waals surface area contributed by atoms with Crippen LogP contribution in [-0.4, -0.2) is 0 Å². The average Bonchev–Trinajstić information content (AvgIpc) is 2.59. The fraction of sp³-hybridized carbons (Fsp3) is 0.143. The molecule has 164 valence electrons. The van der Waals surface area contributed by atoms with Crippen molar-refractivity contribution in [1.29, 1.82) is 0 Å². The lowest BCUT2D eigenvalue weighted by Crippen LogP contribution is -2.25. The molecule has 0 amide bonds. The van der Waals surface area contributed by atoms with Crippen molar-refractivity contribution in [3.8, 4) is 16.9 Å². The highest BCUT2D eigenvalue weighted by molar-refractivity contribution is 5.66. The molecule has 0 fully saturated rings. The lowest BCUT2D eigenvalue weighted by atomic mass is 10.00. The van der Waals surface area contributed by atoms with Crippen LogP contribution in [0.15, 0.2) is 48.5 Å². The van der Waals surface area contributed by atoms with Gasteiger partial charge in [0.2, 0.25) is 0 Å². The molecule has 3 aromatic carbocycles. The van der Waals surface area contributed by atoms with Crippen molar-refractivity contribution in [2.45, 2.75) is 19.2 Å².